The molecule has 3 rings (SSSR count). The van der Waals surface area contributed by atoms with E-state index in [0.29, 0.717) is 17.1 Å². The van der Waals surface area contributed by atoms with Crippen LogP contribution in [0.4, 0.5) is 0 Å². The SMILES string of the molecule is CCS(=O)(=O)C1C(c2ccc3c(c2)OCO3)C1(C#N)CO. The molecule has 3 atom stereocenters. The first-order valence-corrected chi connectivity index (χ1v) is 8.35. The number of nitrogens with zero attached hydrogens (tertiary/aromatic N) is 1. The van der Waals surface area contributed by atoms with Gasteiger partial charge in [0.25, 0.3) is 0 Å². The summed E-state index contributed by atoms with van der Waals surface area (Å²) in [4.78, 5) is 0. The summed E-state index contributed by atoms with van der Waals surface area (Å²) in [6.07, 6.45) is 0. The molecule has 6 nitrogen and oxygen atoms in total. The molecule has 112 valence electrons. The number of ether oxygens (including phenoxy) is 2. The summed E-state index contributed by atoms with van der Waals surface area (Å²) in [6.45, 7) is 1.19. The lowest BCUT2D eigenvalue weighted by molar-refractivity contribution is 0.174. The summed E-state index contributed by atoms with van der Waals surface area (Å²) < 4.78 is 34.9. The first-order chi connectivity index (χ1) is 10.00. The van der Waals surface area contributed by atoms with Crippen LogP contribution in [0.25, 0.3) is 0 Å². The van der Waals surface area contributed by atoms with Gasteiger partial charge >= 0.3 is 0 Å². The fraction of sp³-hybridized carbons (Fsp3) is 0.500. The molecule has 1 saturated carbocycles. The fourth-order valence-corrected chi connectivity index (χ4v) is 5.06. The number of fused-ring (bicyclic) bond motifs is 1. The van der Waals surface area contributed by atoms with Gasteiger partial charge < -0.3 is 14.6 Å². The highest BCUT2D eigenvalue weighted by atomic mass is 32.2. The van der Waals surface area contributed by atoms with Crippen LogP contribution in [0.3, 0.4) is 0 Å². The molecule has 2 aliphatic rings. The number of hydrogen-bond donors (Lipinski definition) is 1. The zero-order chi connectivity index (χ0) is 15.3. The Morgan fingerprint density at radius 2 is 2.14 bits per heavy atom. The van der Waals surface area contributed by atoms with Crippen molar-refractivity contribution in [2.75, 3.05) is 19.2 Å². The number of rotatable bonds is 4. The normalized spacial score (nSPS) is 30.0. The van der Waals surface area contributed by atoms with Crippen LogP contribution in [0.15, 0.2) is 18.2 Å². The summed E-state index contributed by atoms with van der Waals surface area (Å²) in [7, 11) is -3.42. The van der Waals surface area contributed by atoms with E-state index in [1.807, 2.05) is 6.07 Å². The summed E-state index contributed by atoms with van der Waals surface area (Å²) in [5.74, 6) is 0.548. The lowest BCUT2D eigenvalue weighted by Gasteiger charge is -2.04. The third-order valence-electron chi connectivity index (χ3n) is 4.27. The predicted octanol–water partition coefficient (Wildman–Crippen LogP) is 0.818. The van der Waals surface area contributed by atoms with Crippen LogP contribution in [0.5, 0.6) is 11.5 Å². The molecule has 1 aliphatic heterocycles. The monoisotopic (exact) mass is 309 g/mol. The summed E-state index contributed by atoms with van der Waals surface area (Å²) in [6, 6.07) is 7.13. The van der Waals surface area contributed by atoms with Gasteiger partial charge in [-0.2, -0.15) is 5.26 Å². The molecule has 1 aliphatic carbocycles. The third kappa shape index (κ3) is 1.90. The lowest BCUT2D eigenvalue weighted by Crippen LogP contribution is -2.19. The van der Waals surface area contributed by atoms with Crippen molar-refractivity contribution in [1.82, 2.24) is 0 Å². The zero-order valence-corrected chi connectivity index (χ0v) is 12.3. The number of nitriles is 1. The summed E-state index contributed by atoms with van der Waals surface area (Å²) >= 11 is 0. The van der Waals surface area contributed by atoms with E-state index in [9.17, 15) is 18.8 Å². The van der Waals surface area contributed by atoms with Crippen LogP contribution in [0.2, 0.25) is 0 Å². The summed E-state index contributed by atoms with van der Waals surface area (Å²) in [5, 5.41) is 18.1. The number of aliphatic hydroxyl groups is 1. The highest BCUT2D eigenvalue weighted by molar-refractivity contribution is 7.92. The van der Waals surface area contributed by atoms with Crippen molar-refractivity contribution < 1.29 is 23.0 Å². The van der Waals surface area contributed by atoms with Gasteiger partial charge in [0.15, 0.2) is 21.3 Å². The largest absolute Gasteiger partial charge is 0.454 e. The number of sulfone groups is 1. The van der Waals surface area contributed by atoms with Gasteiger partial charge in [0.2, 0.25) is 6.79 Å². The molecule has 1 fully saturated rings. The second-order valence-electron chi connectivity index (χ2n) is 5.27. The van der Waals surface area contributed by atoms with Crippen LogP contribution in [-0.2, 0) is 9.84 Å². The van der Waals surface area contributed by atoms with Gasteiger partial charge in [-0.1, -0.05) is 13.0 Å². The second-order valence-corrected chi connectivity index (χ2v) is 7.68. The van der Waals surface area contributed by atoms with Gasteiger partial charge in [0, 0.05) is 11.7 Å². The maximum atomic E-state index is 12.2. The van der Waals surface area contributed by atoms with E-state index < -0.39 is 33.0 Å². The Balaban J connectivity index is 2.03. The molecule has 0 amide bonds. The van der Waals surface area contributed by atoms with Gasteiger partial charge in [-0.25, -0.2) is 8.42 Å². The van der Waals surface area contributed by atoms with Gasteiger partial charge in [-0.3, -0.25) is 0 Å². The first kappa shape index (κ1) is 14.2. The molecule has 3 unspecified atom stereocenters. The molecule has 1 aromatic carbocycles. The van der Waals surface area contributed by atoms with Crippen molar-refractivity contribution in [3.8, 4) is 17.6 Å². The lowest BCUT2D eigenvalue weighted by atomic mass is 10.0. The molecule has 1 heterocycles. The molecule has 0 aromatic heterocycles. The van der Waals surface area contributed by atoms with E-state index in [1.54, 1.807) is 25.1 Å². The minimum atomic E-state index is -3.42. The Kier molecular flexibility index (Phi) is 3.11. The molecule has 0 bridgehead atoms. The Morgan fingerprint density at radius 1 is 1.43 bits per heavy atom. The van der Waals surface area contributed by atoms with Crippen molar-refractivity contribution >= 4 is 9.84 Å². The Labute approximate surface area is 122 Å². The Hall–Kier alpha value is -1.78. The quantitative estimate of drug-likeness (QED) is 0.884. The van der Waals surface area contributed by atoms with Gasteiger partial charge in [-0.05, 0) is 17.7 Å². The van der Waals surface area contributed by atoms with Gasteiger partial charge in [-0.15, -0.1) is 0 Å². The van der Waals surface area contributed by atoms with Crippen LogP contribution in [0, 0.1) is 16.7 Å². The molecular weight excluding hydrogens is 294 g/mol. The van der Waals surface area contributed by atoms with E-state index in [4.69, 9.17) is 9.47 Å². The molecule has 0 spiro atoms. The second kappa shape index (κ2) is 4.61. The van der Waals surface area contributed by atoms with Crippen LogP contribution in [0.1, 0.15) is 18.4 Å². The topological polar surface area (TPSA) is 96.6 Å². The number of aliphatic hydroxyl groups excluding tert-OH is 1. The first-order valence-electron chi connectivity index (χ1n) is 6.63. The van der Waals surface area contributed by atoms with Crippen molar-refractivity contribution in [3.05, 3.63) is 23.8 Å². The van der Waals surface area contributed by atoms with Crippen molar-refractivity contribution in [1.29, 1.82) is 5.26 Å². The number of hydrogen-bond acceptors (Lipinski definition) is 6. The van der Waals surface area contributed by atoms with Gasteiger partial charge in [0.05, 0.1) is 17.9 Å². The van der Waals surface area contributed by atoms with E-state index in [0.717, 1.165) is 0 Å². The molecular formula is C14H15NO5S. The Morgan fingerprint density at radius 3 is 2.76 bits per heavy atom. The average molecular weight is 309 g/mol. The van der Waals surface area contributed by atoms with Crippen LogP contribution < -0.4 is 9.47 Å². The smallest absolute Gasteiger partial charge is 0.231 e. The van der Waals surface area contributed by atoms with Crippen molar-refractivity contribution in [2.45, 2.75) is 18.1 Å². The minimum absolute atomic E-state index is 0.0534. The van der Waals surface area contributed by atoms with Crippen molar-refractivity contribution in [3.63, 3.8) is 0 Å². The molecule has 0 radical (unpaired) electrons. The Bertz CT molecular complexity index is 723. The summed E-state index contributed by atoms with van der Waals surface area (Å²) in [5.41, 5.74) is -0.584. The molecule has 1 N–H and O–H groups in total. The molecule has 0 saturated heterocycles. The van der Waals surface area contributed by atoms with E-state index in [-0.39, 0.29) is 12.5 Å². The number of benzene rings is 1. The maximum Gasteiger partial charge on any atom is 0.231 e. The van der Waals surface area contributed by atoms with Crippen LogP contribution >= 0.6 is 0 Å². The fourth-order valence-electron chi connectivity index (χ4n) is 3.05. The van der Waals surface area contributed by atoms with Gasteiger partial charge in [0.1, 0.15) is 5.41 Å². The molecule has 7 heteroatoms. The zero-order valence-electron chi connectivity index (χ0n) is 11.4. The van der Waals surface area contributed by atoms with E-state index in [1.165, 1.54) is 0 Å². The van der Waals surface area contributed by atoms with Crippen molar-refractivity contribution in [2.24, 2.45) is 5.41 Å². The minimum Gasteiger partial charge on any atom is -0.454 e. The third-order valence-corrected chi connectivity index (χ3v) is 6.54. The van der Waals surface area contributed by atoms with Crippen LogP contribution in [-0.4, -0.2) is 37.9 Å². The molecule has 21 heavy (non-hydrogen) atoms. The predicted molar refractivity (Wildman–Crippen MR) is 73.7 cm³/mol. The molecule has 1 aromatic rings. The van der Waals surface area contributed by atoms with E-state index in [2.05, 4.69) is 0 Å². The maximum absolute atomic E-state index is 12.2. The average Bonchev–Trinajstić information content (AvgIpc) is 2.98. The standard InChI is InChI=1S/C14H15NO5S/c1-2-21(17,18)13-12(14(13,6-15)7-16)9-3-4-10-11(5-9)20-8-19-10/h3-5,12-13,16H,2,7-8H2,1H3. The van der Waals surface area contributed by atoms with E-state index >= 15 is 0 Å². The highest BCUT2D eigenvalue weighted by Crippen LogP contribution is 2.63. The highest BCUT2D eigenvalue weighted by Gasteiger charge is 2.71.